The Morgan fingerprint density at radius 3 is 2.52 bits per heavy atom. The molecule has 1 fully saturated rings. The van der Waals surface area contributed by atoms with E-state index in [1.54, 1.807) is 6.08 Å². The molecule has 0 spiro atoms. The molecule has 116 valence electrons. The lowest BCUT2D eigenvalue weighted by molar-refractivity contribution is -0.105. The Kier molecular flexibility index (Phi) is 8.25. The number of nitrogens with one attached hydrogen (secondary N) is 1. The van der Waals surface area contributed by atoms with Crippen molar-refractivity contribution in [3.8, 4) is 5.75 Å². The molecule has 1 aromatic carbocycles. The van der Waals surface area contributed by atoms with Crippen LogP contribution >= 0.6 is 0 Å². The third-order valence-corrected chi connectivity index (χ3v) is 3.68. The number of hydrogen-bond donors (Lipinski definition) is 1. The Bertz CT molecular complexity index is 437. The largest absolute Gasteiger partial charge is 0.493 e. The van der Waals surface area contributed by atoms with E-state index in [9.17, 15) is 4.79 Å². The molecule has 0 aliphatic heterocycles. The molecule has 0 bridgehead atoms. The summed E-state index contributed by atoms with van der Waals surface area (Å²) in [5.41, 5.74) is 1.58. The summed E-state index contributed by atoms with van der Waals surface area (Å²) in [6, 6.07) is 5.61. The van der Waals surface area contributed by atoms with E-state index in [0.29, 0.717) is 12.3 Å². The summed E-state index contributed by atoms with van der Waals surface area (Å²) in [7, 11) is 0. The number of carbonyl (C=O) groups excluding carboxylic acids is 1. The van der Waals surface area contributed by atoms with Crippen LogP contribution in [0.3, 0.4) is 0 Å². The summed E-state index contributed by atoms with van der Waals surface area (Å²) in [6.45, 7) is 8.88. The molecule has 2 rings (SSSR count). The topological polar surface area (TPSA) is 38.3 Å². The summed E-state index contributed by atoms with van der Waals surface area (Å²) in [5.74, 6) is 1.48. The fourth-order valence-electron chi connectivity index (χ4n) is 1.94. The Balaban J connectivity index is 0.000000491. The van der Waals surface area contributed by atoms with Gasteiger partial charge in [0.1, 0.15) is 5.75 Å². The van der Waals surface area contributed by atoms with Crippen molar-refractivity contribution in [3.05, 3.63) is 30.3 Å². The standard InChI is InChI=1S/C14H17NO2.C4H10/c1-2-12-13(15-10-16)7-4-8-14(12)17-9-11-5-3-6-11;1-3-4-2/h2,4,7-8,10-11H,1,3,5-6,9H2,(H,15,16);3-4H2,1-2H3. The molecule has 1 N–H and O–H groups in total. The van der Waals surface area contributed by atoms with Gasteiger partial charge in [-0.2, -0.15) is 0 Å². The molecule has 1 aliphatic carbocycles. The van der Waals surface area contributed by atoms with E-state index < -0.39 is 0 Å². The van der Waals surface area contributed by atoms with E-state index in [1.807, 2.05) is 18.2 Å². The molecule has 0 radical (unpaired) electrons. The molecule has 1 saturated carbocycles. The van der Waals surface area contributed by atoms with Gasteiger partial charge in [-0.25, -0.2) is 0 Å². The SMILES string of the molecule is C=Cc1c(NC=O)cccc1OCC1CCC1.CCCC. The molecule has 3 heteroatoms. The lowest BCUT2D eigenvalue weighted by Crippen LogP contribution is -2.19. The first kappa shape index (κ1) is 17.3. The van der Waals surface area contributed by atoms with Crippen LogP contribution in [0.15, 0.2) is 24.8 Å². The van der Waals surface area contributed by atoms with Crippen molar-refractivity contribution in [2.75, 3.05) is 11.9 Å². The summed E-state index contributed by atoms with van der Waals surface area (Å²) in [4.78, 5) is 10.5. The molecule has 1 amide bonds. The normalized spacial score (nSPS) is 13.4. The minimum atomic E-state index is 0.665. The second-order valence-electron chi connectivity index (χ2n) is 5.29. The van der Waals surface area contributed by atoms with Crippen molar-refractivity contribution in [3.63, 3.8) is 0 Å². The molecular formula is C18H27NO2. The van der Waals surface area contributed by atoms with Gasteiger partial charge in [-0.05, 0) is 30.9 Å². The van der Waals surface area contributed by atoms with Gasteiger partial charge in [-0.3, -0.25) is 4.79 Å². The smallest absolute Gasteiger partial charge is 0.211 e. The van der Waals surface area contributed by atoms with E-state index in [4.69, 9.17) is 4.74 Å². The fourth-order valence-corrected chi connectivity index (χ4v) is 1.94. The third kappa shape index (κ3) is 5.62. The Labute approximate surface area is 128 Å². The molecule has 1 aromatic rings. The fraction of sp³-hybridized carbons (Fsp3) is 0.500. The molecule has 0 heterocycles. The highest BCUT2D eigenvalue weighted by molar-refractivity contribution is 5.80. The number of carbonyl (C=O) groups is 1. The van der Waals surface area contributed by atoms with Gasteiger partial charge in [0.25, 0.3) is 0 Å². The second kappa shape index (κ2) is 10.0. The molecule has 0 saturated heterocycles. The average molecular weight is 289 g/mol. The predicted octanol–water partition coefficient (Wildman–Crippen LogP) is 4.88. The van der Waals surface area contributed by atoms with Gasteiger partial charge >= 0.3 is 0 Å². The maximum Gasteiger partial charge on any atom is 0.211 e. The van der Waals surface area contributed by atoms with E-state index in [1.165, 1.54) is 32.1 Å². The zero-order valence-electron chi connectivity index (χ0n) is 13.2. The van der Waals surface area contributed by atoms with Crippen LogP contribution in [-0.4, -0.2) is 13.0 Å². The predicted molar refractivity (Wildman–Crippen MR) is 89.6 cm³/mol. The molecular weight excluding hydrogens is 262 g/mol. The Morgan fingerprint density at radius 2 is 2.05 bits per heavy atom. The maximum absolute atomic E-state index is 10.5. The highest BCUT2D eigenvalue weighted by atomic mass is 16.5. The Hall–Kier alpha value is -1.77. The molecule has 0 aromatic heterocycles. The molecule has 21 heavy (non-hydrogen) atoms. The van der Waals surface area contributed by atoms with E-state index in [0.717, 1.165) is 23.6 Å². The van der Waals surface area contributed by atoms with Crippen molar-refractivity contribution in [2.24, 2.45) is 5.92 Å². The minimum Gasteiger partial charge on any atom is -0.493 e. The van der Waals surface area contributed by atoms with Crippen molar-refractivity contribution in [1.82, 2.24) is 0 Å². The van der Waals surface area contributed by atoms with Crippen molar-refractivity contribution >= 4 is 18.2 Å². The lowest BCUT2D eigenvalue weighted by atomic mass is 9.86. The second-order valence-corrected chi connectivity index (χ2v) is 5.29. The summed E-state index contributed by atoms with van der Waals surface area (Å²) in [5, 5.41) is 2.65. The van der Waals surface area contributed by atoms with Crippen LogP contribution < -0.4 is 10.1 Å². The Morgan fingerprint density at radius 1 is 1.33 bits per heavy atom. The van der Waals surface area contributed by atoms with Gasteiger partial charge in [0, 0.05) is 5.56 Å². The van der Waals surface area contributed by atoms with Gasteiger partial charge in [0.2, 0.25) is 6.41 Å². The van der Waals surface area contributed by atoms with Crippen molar-refractivity contribution < 1.29 is 9.53 Å². The lowest BCUT2D eigenvalue weighted by Gasteiger charge is -2.25. The molecule has 3 nitrogen and oxygen atoms in total. The number of amides is 1. The van der Waals surface area contributed by atoms with Crippen LogP contribution in [0.5, 0.6) is 5.75 Å². The van der Waals surface area contributed by atoms with Gasteiger partial charge in [0.05, 0.1) is 12.3 Å². The number of rotatable bonds is 7. The van der Waals surface area contributed by atoms with Crippen molar-refractivity contribution in [2.45, 2.75) is 46.0 Å². The number of benzene rings is 1. The van der Waals surface area contributed by atoms with Crippen LogP contribution in [0.2, 0.25) is 0 Å². The molecule has 1 aliphatic rings. The highest BCUT2D eigenvalue weighted by Gasteiger charge is 2.18. The number of anilines is 1. The highest BCUT2D eigenvalue weighted by Crippen LogP contribution is 2.31. The number of unbranched alkanes of at least 4 members (excludes halogenated alkanes) is 1. The zero-order valence-corrected chi connectivity index (χ0v) is 13.2. The van der Waals surface area contributed by atoms with Gasteiger partial charge < -0.3 is 10.1 Å². The van der Waals surface area contributed by atoms with Crippen LogP contribution in [0.1, 0.15) is 51.5 Å². The summed E-state index contributed by atoms with van der Waals surface area (Å²) < 4.78 is 5.79. The number of ether oxygens (including phenoxy) is 1. The van der Waals surface area contributed by atoms with Crippen LogP contribution in [-0.2, 0) is 4.79 Å². The molecule has 0 atom stereocenters. The van der Waals surface area contributed by atoms with Gasteiger partial charge in [-0.15, -0.1) is 0 Å². The summed E-state index contributed by atoms with van der Waals surface area (Å²) in [6.07, 6.45) is 8.85. The van der Waals surface area contributed by atoms with E-state index in [2.05, 4.69) is 25.7 Å². The first-order valence-corrected chi connectivity index (χ1v) is 7.85. The average Bonchev–Trinajstić information content (AvgIpc) is 2.46. The van der Waals surface area contributed by atoms with Crippen LogP contribution in [0.25, 0.3) is 6.08 Å². The summed E-state index contributed by atoms with van der Waals surface area (Å²) >= 11 is 0. The molecule has 0 unspecified atom stereocenters. The van der Waals surface area contributed by atoms with E-state index in [-0.39, 0.29) is 0 Å². The van der Waals surface area contributed by atoms with Gasteiger partial charge in [-0.1, -0.05) is 51.8 Å². The quantitative estimate of drug-likeness (QED) is 0.726. The maximum atomic E-state index is 10.5. The first-order valence-electron chi connectivity index (χ1n) is 7.85. The van der Waals surface area contributed by atoms with Crippen LogP contribution in [0, 0.1) is 5.92 Å². The van der Waals surface area contributed by atoms with E-state index >= 15 is 0 Å². The number of hydrogen-bond acceptors (Lipinski definition) is 2. The third-order valence-electron chi connectivity index (χ3n) is 3.68. The zero-order chi connectivity index (χ0) is 15.5. The van der Waals surface area contributed by atoms with Crippen molar-refractivity contribution in [1.29, 1.82) is 0 Å². The monoisotopic (exact) mass is 289 g/mol. The van der Waals surface area contributed by atoms with Crippen LogP contribution in [0.4, 0.5) is 5.69 Å². The van der Waals surface area contributed by atoms with Gasteiger partial charge in [0.15, 0.2) is 0 Å². The minimum absolute atomic E-state index is 0.665. The first-order chi connectivity index (χ1) is 10.3.